The molecule has 0 aromatic heterocycles. The molecular formula is C13H18N2O3. The number of carbonyl (C=O) groups is 2. The lowest BCUT2D eigenvalue weighted by atomic mass is 10.2. The van der Waals surface area contributed by atoms with E-state index in [0.29, 0.717) is 12.3 Å². The van der Waals surface area contributed by atoms with Crippen molar-refractivity contribution in [1.29, 1.82) is 0 Å². The number of benzene rings is 1. The maximum Gasteiger partial charge on any atom is 0.321 e. The van der Waals surface area contributed by atoms with Crippen LogP contribution < -0.4 is 15.4 Å². The molecule has 3 amide bonds. The van der Waals surface area contributed by atoms with Crippen LogP contribution in [0.5, 0.6) is 5.75 Å². The second kappa shape index (κ2) is 6.64. The molecule has 0 spiro atoms. The van der Waals surface area contributed by atoms with Crippen molar-refractivity contribution in [1.82, 2.24) is 10.6 Å². The van der Waals surface area contributed by atoms with Crippen LogP contribution in [0.4, 0.5) is 4.79 Å². The van der Waals surface area contributed by atoms with E-state index in [4.69, 9.17) is 4.74 Å². The zero-order chi connectivity index (χ0) is 13.5. The van der Waals surface area contributed by atoms with Gasteiger partial charge >= 0.3 is 6.03 Å². The molecule has 1 aromatic rings. The minimum atomic E-state index is -0.728. The average Bonchev–Trinajstić information content (AvgIpc) is 2.32. The Morgan fingerprint density at radius 1 is 1.33 bits per heavy atom. The Hall–Kier alpha value is -2.04. The highest BCUT2D eigenvalue weighted by Crippen LogP contribution is 2.17. The molecule has 0 aliphatic heterocycles. The number of urea groups is 1. The molecule has 0 aliphatic carbocycles. The summed E-state index contributed by atoms with van der Waals surface area (Å²) in [6.45, 7) is 5.73. The van der Waals surface area contributed by atoms with Gasteiger partial charge in [-0.25, -0.2) is 4.79 Å². The van der Waals surface area contributed by atoms with Gasteiger partial charge in [0.05, 0.1) is 0 Å². The van der Waals surface area contributed by atoms with E-state index < -0.39 is 18.0 Å². The van der Waals surface area contributed by atoms with Gasteiger partial charge in [-0.15, -0.1) is 0 Å². The summed E-state index contributed by atoms with van der Waals surface area (Å²) in [4.78, 5) is 22.8. The first-order valence-electron chi connectivity index (χ1n) is 5.85. The Morgan fingerprint density at radius 2 is 2.00 bits per heavy atom. The number of para-hydroxylation sites is 1. The Bertz CT molecular complexity index is 432. The van der Waals surface area contributed by atoms with Crippen LogP contribution in [0.3, 0.4) is 0 Å². The molecular weight excluding hydrogens is 232 g/mol. The molecule has 0 radical (unpaired) electrons. The summed E-state index contributed by atoms with van der Waals surface area (Å²) < 4.78 is 5.49. The standard InChI is InChI=1S/C13H18N2O3/c1-4-14-13(17)15-12(16)10(3)18-11-8-6-5-7-9(11)2/h5-8,10H,4H2,1-3H3,(H2,14,15,16,17). The lowest BCUT2D eigenvalue weighted by Crippen LogP contribution is -2.45. The van der Waals surface area contributed by atoms with Gasteiger partial charge < -0.3 is 10.1 Å². The molecule has 1 rings (SSSR count). The Balaban J connectivity index is 2.55. The second-order valence-corrected chi connectivity index (χ2v) is 3.87. The molecule has 5 nitrogen and oxygen atoms in total. The summed E-state index contributed by atoms with van der Waals surface area (Å²) >= 11 is 0. The molecule has 2 N–H and O–H groups in total. The molecule has 0 aliphatic rings. The Kier molecular flexibility index (Phi) is 5.17. The van der Waals surface area contributed by atoms with E-state index in [2.05, 4.69) is 10.6 Å². The van der Waals surface area contributed by atoms with Crippen molar-refractivity contribution in [3.8, 4) is 5.75 Å². The third-order valence-electron chi connectivity index (χ3n) is 2.34. The molecule has 5 heteroatoms. The zero-order valence-corrected chi connectivity index (χ0v) is 10.8. The van der Waals surface area contributed by atoms with Crippen molar-refractivity contribution in [2.75, 3.05) is 6.54 Å². The highest BCUT2D eigenvalue weighted by molar-refractivity contribution is 5.96. The van der Waals surface area contributed by atoms with Crippen LogP contribution >= 0.6 is 0 Å². The first-order valence-corrected chi connectivity index (χ1v) is 5.85. The fourth-order valence-corrected chi connectivity index (χ4v) is 1.35. The Morgan fingerprint density at radius 3 is 2.61 bits per heavy atom. The van der Waals surface area contributed by atoms with Crippen LogP contribution in [0.25, 0.3) is 0 Å². The highest BCUT2D eigenvalue weighted by atomic mass is 16.5. The van der Waals surface area contributed by atoms with Gasteiger partial charge in [-0.05, 0) is 32.4 Å². The van der Waals surface area contributed by atoms with Gasteiger partial charge in [-0.1, -0.05) is 18.2 Å². The predicted octanol–water partition coefficient (Wildman–Crippen LogP) is 1.61. The molecule has 0 fully saturated rings. The summed E-state index contributed by atoms with van der Waals surface area (Å²) in [5.41, 5.74) is 0.940. The molecule has 98 valence electrons. The first kappa shape index (κ1) is 14.0. The van der Waals surface area contributed by atoms with Crippen LogP contribution in [0, 0.1) is 6.92 Å². The van der Waals surface area contributed by atoms with Crippen molar-refractivity contribution in [2.45, 2.75) is 26.9 Å². The highest BCUT2D eigenvalue weighted by Gasteiger charge is 2.17. The summed E-state index contributed by atoms with van der Waals surface area (Å²) in [7, 11) is 0. The van der Waals surface area contributed by atoms with E-state index in [1.54, 1.807) is 19.9 Å². The lowest BCUT2D eigenvalue weighted by molar-refractivity contribution is -0.126. The van der Waals surface area contributed by atoms with Gasteiger partial charge in [0.25, 0.3) is 5.91 Å². The SMILES string of the molecule is CCNC(=O)NC(=O)C(C)Oc1ccccc1C. The van der Waals surface area contributed by atoms with E-state index in [-0.39, 0.29) is 0 Å². The van der Waals surface area contributed by atoms with E-state index in [9.17, 15) is 9.59 Å². The number of amides is 3. The van der Waals surface area contributed by atoms with Gasteiger partial charge in [-0.2, -0.15) is 0 Å². The number of nitrogens with one attached hydrogen (secondary N) is 2. The minimum Gasteiger partial charge on any atom is -0.481 e. The normalized spacial score (nSPS) is 11.5. The van der Waals surface area contributed by atoms with Crippen molar-refractivity contribution in [3.05, 3.63) is 29.8 Å². The molecule has 0 saturated carbocycles. The third kappa shape index (κ3) is 4.08. The Labute approximate surface area is 107 Å². The van der Waals surface area contributed by atoms with Gasteiger partial charge in [0.15, 0.2) is 6.10 Å². The van der Waals surface area contributed by atoms with E-state index in [1.807, 2.05) is 25.1 Å². The number of imide groups is 1. The second-order valence-electron chi connectivity index (χ2n) is 3.87. The minimum absolute atomic E-state index is 0.464. The van der Waals surface area contributed by atoms with Gasteiger partial charge in [0, 0.05) is 6.54 Å². The average molecular weight is 250 g/mol. The van der Waals surface area contributed by atoms with E-state index >= 15 is 0 Å². The summed E-state index contributed by atoms with van der Waals surface area (Å²) in [5, 5.41) is 4.69. The van der Waals surface area contributed by atoms with E-state index in [1.165, 1.54) is 0 Å². The number of carbonyl (C=O) groups excluding carboxylic acids is 2. The summed E-state index contributed by atoms with van der Waals surface area (Å²) in [5.74, 6) is 0.167. The van der Waals surface area contributed by atoms with Crippen LogP contribution in [-0.2, 0) is 4.79 Å². The van der Waals surface area contributed by atoms with Crippen molar-refractivity contribution < 1.29 is 14.3 Å². The van der Waals surface area contributed by atoms with Gasteiger partial charge in [-0.3, -0.25) is 10.1 Å². The molecule has 1 unspecified atom stereocenters. The molecule has 18 heavy (non-hydrogen) atoms. The van der Waals surface area contributed by atoms with Crippen LogP contribution in [0.1, 0.15) is 19.4 Å². The molecule has 0 saturated heterocycles. The predicted molar refractivity (Wildman–Crippen MR) is 68.5 cm³/mol. The van der Waals surface area contributed by atoms with Crippen molar-refractivity contribution >= 4 is 11.9 Å². The molecule has 0 bridgehead atoms. The summed E-state index contributed by atoms with van der Waals surface area (Å²) in [6.07, 6.45) is -0.728. The third-order valence-corrected chi connectivity index (χ3v) is 2.34. The van der Waals surface area contributed by atoms with Crippen LogP contribution in [0.2, 0.25) is 0 Å². The monoisotopic (exact) mass is 250 g/mol. The molecule has 0 heterocycles. The van der Waals surface area contributed by atoms with Crippen LogP contribution in [-0.4, -0.2) is 24.6 Å². The maximum absolute atomic E-state index is 11.6. The number of hydrogen-bond donors (Lipinski definition) is 2. The number of aryl methyl sites for hydroxylation is 1. The van der Waals surface area contributed by atoms with Crippen LogP contribution in [0.15, 0.2) is 24.3 Å². The number of rotatable bonds is 4. The van der Waals surface area contributed by atoms with E-state index in [0.717, 1.165) is 5.56 Å². The fraction of sp³-hybridized carbons (Fsp3) is 0.385. The molecule has 1 aromatic carbocycles. The molecule has 1 atom stereocenters. The topological polar surface area (TPSA) is 67.4 Å². The zero-order valence-electron chi connectivity index (χ0n) is 10.8. The van der Waals surface area contributed by atoms with Crippen molar-refractivity contribution in [3.63, 3.8) is 0 Å². The largest absolute Gasteiger partial charge is 0.481 e. The maximum atomic E-state index is 11.6. The fourth-order valence-electron chi connectivity index (χ4n) is 1.35. The number of ether oxygens (including phenoxy) is 1. The van der Waals surface area contributed by atoms with Gasteiger partial charge in [0.2, 0.25) is 0 Å². The van der Waals surface area contributed by atoms with Gasteiger partial charge in [0.1, 0.15) is 5.75 Å². The quantitative estimate of drug-likeness (QED) is 0.853. The first-order chi connectivity index (χ1) is 8.54. The van der Waals surface area contributed by atoms with Crippen molar-refractivity contribution in [2.24, 2.45) is 0 Å². The number of hydrogen-bond acceptors (Lipinski definition) is 3. The summed E-state index contributed by atoms with van der Waals surface area (Å²) in [6, 6.07) is 6.88. The smallest absolute Gasteiger partial charge is 0.321 e. The lowest BCUT2D eigenvalue weighted by Gasteiger charge is -2.15.